The van der Waals surface area contributed by atoms with Crippen LogP contribution in [0.2, 0.25) is 0 Å². The molecule has 0 radical (unpaired) electrons. The standard InChI is InChI=1S/C17H30N2O2/c1-4-8-18-12-17-11-15(14(2)21-17)13-20-10-7-16-6-5-9-19(16)3/h11,16,18H,4-10,12-13H2,1-3H3. The molecule has 1 fully saturated rings. The fraction of sp³-hybridized carbons (Fsp3) is 0.765. The molecule has 1 aliphatic heterocycles. The number of nitrogens with one attached hydrogen (secondary N) is 1. The zero-order chi connectivity index (χ0) is 15.1. The van der Waals surface area contributed by atoms with Gasteiger partial charge in [0.15, 0.2) is 0 Å². The molecule has 0 aliphatic carbocycles. The Morgan fingerprint density at radius 2 is 2.33 bits per heavy atom. The maximum atomic E-state index is 5.84. The van der Waals surface area contributed by atoms with Gasteiger partial charge in [0.2, 0.25) is 0 Å². The molecule has 1 aliphatic rings. The van der Waals surface area contributed by atoms with Gasteiger partial charge in [-0.2, -0.15) is 0 Å². The minimum atomic E-state index is 0.666. The number of rotatable bonds is 9. The molecular formula is C17H30N2O2. The lowest BCUT2D eigenvalue weighted by molar-refractivity contribution is 0.101. The van der Waals surface area contributed by atoms with E-state index in [0.717, 1.165) is 44.1 Å². The fourth-order valence-electron chi connectivity index (χ4n) is 2.95. The van der Waals surface area contributed by atoms with Crippen LogP contribution < -0.4 is 5.32 Å². The van der Waals surface area contributed by atoms with Crippen LogP contribution in [0, 0.1) is 6.92 Å². The fourth-order valence-corrected chi connectivity index (χ4v) is 2.95. The van der Waals surface area contributed by atoms with E-state index in [1.165, 1.54) is 24.9 Å². The van der Waals surface area contributed by atoms with Crippen molar-refractivity contribution in [2.75, 3.05) is 26.7 Å². The highest BCUT2D eigenvalue weighted by atomic mass is 16.5. The lowest BCUT2D eigenvalue weighted by atomic mass is 10.1. The van der Waals surface area contributed by atoms with E-state index in [1.54, 1.807) is 0 Å². The molecule has 21 heavy (non-hydrogen) atoms. The second-order valence-corrected chi connectivity index (χ2v) is 6.09. The number of furan rings is 1. The molecule has 0 spiro atoms. The summed E-state index contributed by atoms with van der Waals surface area (Å²) in [5.41, 5.74) is 1.18. The number of ether oxygens (including phenoxy) is 1. The van der Waals surface area contributed by atoms with Crippen LogP contribution in [0.3, 0.4) is 0 Å². The Labute approximate surface area is 128 Å². The van der Waals surface area contributed by atoms with Crippen LogP contribution in [-0.4, -0.2) is 37.7 Å². The van der Waals surface area contributed by atoms with Gasteiger partial charge in [0.1, 0.15) is 11.5 Å². The summed E-state index contributed by atoms with van der Waals surface area (Å²) in [5.74, 6) is 2.00. The first-order valence-corrected chi connectivity index (χ1v) is 8.27. The van der Waals surface area contributed by atoms with Crippen molar-refractivity contribution in [1.29, 1.82) is 0 Å². The minimum absolute atomic E-state index is 0.666. The average Bonchev–Trinajstić information content (AvgIpc) is 3.02. The van der Waals surface area contributed by atoms with Crippen molar-refractivity contribution in [3.63, 3.8) is 0 Å². The molecule has 2 rings (SSSR count). The predicted octanol–water partition coefficient (Wildman–Crippen LogP) is 3.09. The van der Waals surface area contributed by atoms with Crippen LogP contribution >= 0.6 is 0 Å². The van der Waals surface area contributed by atoms with Gasteiger partial charge in [0.25, 0.3) is 0 Å². The maximum Gasteiger partial charge on any atom is 0.118 e. The van der Waals surface area contributed by atoms with Crippen molar-refractivity contribution in [2.45, 2.75) is 58.7 Å². The van der Waals surface area contributed by atoms with E-state index in [9.17, 15) is 0 Å². The molecule has 0 aromatic carbocycles. The van der Waals surface area contributed by atoms with Crippen molar-refractivity contribution >= 4 is 0 Å². The lowest BCUT2D eigenvalue weighted by Crippen LogP contribution is -2.26. The summed E-state index contributed by atoms with van der Waals surface area (Å²) in [6.45, 7) is 8.76. The molecule has 1 unspecified atom stereocenters. The van der Waals surface area contributed by atoms with E-state index >= 15 is 0 Å². The second-order valence-electron chi connectivity index (χ2n) is 6.09. The predicted molar refractivity (Wildman–Crippen MR) is 85.4 cm³/mol. The maximum absolute atomic E-state index is 5.84. The third-order valence-corrected chi connectivity index (χ3v) is 4.32. The molecule has 4 heteroatoms. The molecule has 1 aromatic heterocycles. The minimum Gasteiger partial charge on any atom is -0.465 e. The van der Waals surface area contributed by atoms with Crippen molar-refractivity contribution in [2.24, 2.45) is 0 Å². The van der Waals surface area contributed by atoms with Crippen LogP contribution in [0.4, 0.5) is 0 Å². The largest absolute Gasteiger partial charge is 0.465 e. The first-order valence-electron chi connectivity index (χ1n) is 8.27. The second kappa shape index (κ2) is 8.57. The van der Waals surface area contributed by atoms with Gasteiger partial charge in [-0.3, -0.25) is 0 Å². The van der Waals surface area contributed by atoms with Gasteiger partial charge >= 0.3 is 0 Å². The monoisotopic (exact) mass is 294 g/mol. The van der Waals surface area contributed by atoms with E-state index in [0.29, 0.717) is 12.6 Å². The Hall–Kier alpha value is -0.840. The molecule has 1 saturated heterocycles. The van der Waals surface area contributed by atoms with Gasteiger partial charge in [-0.1, -0.05) is 6.92 Å². The highest BCUT2D eigenvalue weighted by Crippen LogP contribution is 2.19. The number of hydrogen-bond donors (Lipinski definition) is 1. The normalized spacial score (nSPS) is 19.5. The summed E-state index contributed by atoms with van der Waals surface area (Å²) in [5, 5.41) is 3.36. The number of likely N-dealkylation sites (tertiary alicyclic amines) is 1. The molecule has 0 saturated carbocycles. The van der Waals surface area contributed by atoms with Crippen molar-refractivity contribution < 1.29 is 9.15 Å². The molecule has 0 amide bonds. The molecular weight excluding hydrogens is 264 g/mol. The zero-order valence-corrected chi connectivity index (χ0v) is 13.8. The number of nitrogens with zero attached hydrogens (tertiary/aromatic N) is 1. The van der Waals surface area contributed by atoms with Crippen LogP contribution in [0.15, 0.2) is 10.5 Å². The summed E-state index contributed by atoms with van der Waals surface area (Å²) in [7, 11) is 2.22. The molecule has 120 valence electrons. The van der Waals surface area contributed by atoms with Crippen molar-refractivity contribution in [1.82, 2.24) is 10.2 Å². The summed E-state index contributed by atoms with van der Waals surface area (Å²) in [4.78, 5) is 2.45. The van der Waals surface area contributed by atoms with Crippen LogP contribution in [0.1, 0.15) is 49.7 Å². The zero-order valence-electron chi connectivity index (χ0n) is 13.8. The highest BCUT2D eigenvalue weighted by Gasteiger charge is 2.20. The van der Waals surface area contributed by atoms with Gasteiger partial charge in [-0.25, -0.2) is 0 Å². The van der Waals surface area contributed by atoms with Crippen LogP contribution in [-0.2, 0) is 17.9 Å². The molecule has 0 bridgehead atoms. The quantitative estimate of drug-likeness (QED) is 0.710. The first kappa shape index (κ1) is 16.5. The summed E-state index contributed by atoms with van der Waals surface area (Å²) < 4.78 is 11.6. The van der Waals surface area contributed by atoms with Gasteiger partial charge < -0.3 is 19.4 Å². The van der Waals surface area contributed by atoms with E-state index in [4.69, 9.17) is 9.15 Å². The van der Waals surface area contributed by atoms with Crippen molar-refractivity contribution in [3.05, 3.63) is 23.2 Å². The number of hydrogen-bond acceptors (Lipinski definition) is 4. The van der Waals surface area contributed by atoms with E-state index in [-0.39, 0.29) is 0 Å². The molecule has 2 heterocycles. The van der Waals surface area contributed by atoms with Gasteiger partial charge in [-0.15, -0.1) is 0 Å². The van der Waals surface area contributed by atoms with Crippen LogP contribution in [0.25, 0.3) is 0 Å². The SMILES string of the molecule is CCCNCc1cc(COCCC2CCCN2C)c(C)o1. The Balaban J connectivity index is 1.67. The molecule has 4 nitrogen and oxygen atoms in total. The van der Waals surface area contributed by atoms with E-state index < -0.39 is 0 Å². The molecule has 1 atom stereocenters. The van der Waals surface area contributed by atoms with Gasteiger partial charge in [0, 0.05) is 18.2 Å². The molecule has 1 aromatic rings. The Bertz CT molecular complexity index is 417. The third kappa shape index (κ3) is 5.13. The van der Waals surface area contributed by atoms with Gasteiger partial charge in [0.05, 0.1) is 13.2 Å². The highest BCUT2D eigenvalue weighted by molar-refractivity contribution is 5.19. The van der Waals surface area contributed by atoms with Crippen LogP contribution in [0.5, 0.6) is 0 Å². The Kier molecular flexibility index (Phi) is 6.74. The first-order chi connectivity index (χ1) is 10.2. The number of aryl methyl sites for hydroxylation is 1. The lowest BCUT2D eigenvalue weighted by Gasteiger charge is -2.18. The summed E-state index contributed by atoms with van der Waals surface area (Å²) >= 11 is 0. The third-order valence-electron chi connectivity index (χ3n) is 4.32. The molecule has 1 N–H and O–H groups in total. The smallest absolute Gasteiger partial charge is 0.118 e. The summed E-state index contributed by atoms with van der Waals surface area (Å²) in [6, 6.07) is 2.84. The van der Waals surface area contributed by atoms with E-state index in [2.05, 4.69) is 30.3 Å². The Morgan fingerprint density at radius 1 is 1.48 bits per heavy atom. The average molecular weight is 294 g/mol. The van der Waals surface area contributed by atoms with Crippen molar-refractivity contribution in [3.8, 4) is 0 Å². The van der Waals surface area contributed by atoms with E-state index in [1.807, 2.05) is 6.92 Å². The topological polar surface area (TPSA) is 37.6 Å². The Morgan fingerprint density at radius 3 is 3.05 bits per heavy atom. The summed E-state index contributed by atoms with van der Waals surface area (Å²) in [6.07, 6.45) is 4.93. The van der Waals surface area contributed by atoms with Gasteiger partial charge in [-0.05, 0) is 58.8 Å².